The van der Waals surface area contributed by atoms with Crippen molar-refractivity contribution in [1.29, 1.82) is 0 Å². The van der Waals surface area contributed by atoms with Crippen LogP contribution in [0.3, 0.4) is 0 Å². The molecule has 5 aromatic carbocycles. The summed E-state index contributed by atoms with van der Waals surface area (Å²) < 4.78 is 4.78. The minimum Gasteiger partial charge on any atom is -0.316 e. The van der Waals surface area contributed by atoms with E-state index in [1.807, 2.05) is 0 Å². The Bertz CT molecular complexity index is 2000. The number of hydrogen-bond donors (Lipinski definition) is 0. The summed E-state index contributed by atoms with van der Waals surface area (Å²) in [5.74, 6) is 0. The molecular formula is C35H26N2. The fourth-order valence-corrected chi connectivity index (χ4v) is 6.59. The molecule has 0 N–H and O–H groups in total. The Morgan fingerprint density at radius 1 is 0.568 bits per heavy atom. The van der Waals surface area contributed by atoms with E-state index in [4.69, 9.17) is 0 Å². The number of para-hydroxylation sites is 2. The molecule has 8 rings (SSSR count). The highest BCUT2D eigenvalue weighted by Gasteiger charge is 2.35. The number of rotatable bonds is 2. The zero-order valence-corrected chi connectivity index (χ0v) is 20.9. The maximum atomic E-state index is 2.45. The summed E-state index contributed by atoms with van der Waals surface area (Å²) in [5.41, 5.74) is 11.6. The molecule has 0 spiro atoms. The van der Waals surface area contributed by atoms with Gasteiger partial charge in [-0.1, -0.05) is 86.6 Å². The lowest BCUT2D eigenvalue weighted by atomic mass is 9.82. The normalized spacial score (nSPS) is 13.9. The van der Waals surface area contributed by atoms with Gasteiger partial charge in [0.1, 0.15) is 0 Å². The predicted molar refractivity (Wildman–Crippen MR) is 155 cm³/mol. The van der Waals surface area contributed by atoms with Crippen LogP contribution >= 0.6 is 0 Å². The topological polar surface area (TPSA) is 9.86 Å². The molecule has 2 aromatic heterocycles. The summed E-state index contributed by atoms with van der Waals surface area (Å²) in [7, 11) is 0. The van der Waals surface area contributed by atoms with Crippen LogP contribution in [0.4, 0.5) is 0 Å². The summed E-state index contributed by atoms with van der Waals surface area (Å²) in [5, 5.41) is 3.83. The van der Waals surface area contributed by atoms with Crippen molar-refractivity contribution in [2.24, 2.45) is 0 Å². The fraction of sp³-hybridized carbons (Fsp3) is 0.0857. The van der Waals surface area contributed by atoms with E-state index in [1.54, 1.807) is 0 Å². The molecule has 2 heteroatoms. The van der Waals surface area contributed by atoms with Crippen molar-refractivity contribution in [3.8, 4) is 22.5 Å². The zero-order chi connectivity index (χ0) is 24.7. The first-order chi connectivity index (χ1) is 18.1. The number of fused-ring (bicyclic) bond motifs is 8. The summed E-state index contributed by atoms with van der Waals surface area (Å²) in [4.78, 5) is 0. The highest BCUT2D eigenvalue weighted by atomic mass is 15.0. The van der Waals surface area contributed by atoms with Crippen LogP contribution in [-0.4, -0.2) is 9.13 Å². The van der Waals surface area contributed by atoms with Crippen LogP contribution in [0.1, 0.15) is 25.0 Å². The Morgan fingerprint density at radius 3 is 2.22 bits per heavy atom. The monoisotopic (exact) mass is 474 g/mol. The van der Waals surface area contributed by atoms with Crippen LogP contribution in [-0.2, 0) is 5.41 Å². The second kappa shape index (κ2) is 7.24. The van der Waals surface area contributed by atoms with Gasteiger partial charge in [0.25, 0.3) is 0 Å². The number of aromatic nitrogens is 2. The van der Waals surface area contributed by atoms with Crippen molar-refractivity contribution < 1.29 is 0 Å². The molecule has 0 amide bonds. The molecule has 0 fully saturated rings. The van der Waals surface area contributed by atoms with E-state index in [1.165, 1.54) is 66.3 Å². The third-order valence-corrected chi connectivity index (χ3v) is 8.35. The first-order valence-corrected chi connectivity index (χ1v) is 13.0. The van der Waals surface area contributed by atoms with Gasteiger partial charge in [-0.2, -0.15) is 0 Å². The molecule has 0 saturated carbocycles. The van der Waals surface area contributed by atoms with Crippen molar-refractivity contribution in [3.05, 3.63) is 133 Å². The van der Waals surface area contributed by atoms with Gasteiger partial charge in [-0.15, -0.1) is 0 Å². The molecule has 1 aliphatic carbocycles. The van der Waals surface area contributed by atoms with Gasteiger partial charge in [-0.3, -0.25) is 0 Å². The Labute approximate surface area is 216 Å². The second-order valence-electron chi connectivity index (χ2n) is 10.7. The molecule has 0 radical (unpaired) electrons. The van der Waals surface area contributed by atoms with Crippen LogP contribution < -0.4 is 0 Å². The largest absolute Gasteiger partial charge is 0.316 e. The van der Waals surface area contributed by atoms with E-state index < -0.39 is 0 Å². The Kier molecular flexibility index (Phi) is 4.03. The fourth-order valence-electron chi connectivity index (χ4n) is 6.59. The molecule has 2 nitrogen and oxygen atoms in total. The predicted octanol–water partition coefficient (Wildman–Crippen LogP) is 9.03. The Balaban J connectivity index is 1.45. The van der Waals surface area contributed by atoms with Gasteiger partial charge in [0, 0.05) is 39.1 Å². The molecule has 0 saturated heterocycles. The highest BCUT2D eigenvalue weighted by Crippen LogP contribution is 2.49. The Morgan fingerprint density at radius 2 is 1.32 bits per heavy atom. The van der Waals surface area contributed by atoms with Crippen molar-refractivity contribution in [3.63, 3.8) is 0 Å². The SMILES string of the molecule is CC1(C)c2ccccc2-c2ccc(-n3c4ccccc4c4c5c(ccc43)ccn5-c3ccccc3)cc21. The average molecular weight is 475 g/mol. The minimum absolute atomic E-state index is 0.0318. The van der Waals surface area contributed by atoms with Crippen LogP contribution in [0.15, 0.2) is 121 Å². The summed E-state index contributed by atoms with van der Waals surface area (Å²) in [6.07, 6.45) is 2.20. The summed E-state index contributed by atoms with van der Waals surface area (Å²) in [6.45, 7) is 4.70. The standard InChI is InChI=1S/C35H26N2/c1-35(2)29-14-8-6-12-26(29)27-18-17-25(22-30(27)35)37-31-15-9-7-13-28(31)33-32(37)19-16-23-20-21-36(34(23)33)24-10-4-3-5-11-24/h3-22H,1-2H3. The molecule has 2 heterocycles. The van der Waals surface area contributed by atoms with E-state index in [-0.39, 0.29) is 5.41 Å². The van der Waals surface area contributed by atoms with Gasteiger partial charge < -0.3 is 9.13 Å². The first-order valence-electron chi connectivity index (χ1n) is 13.0. The number of benzene rings is 5. The third-order valence-electron chi connectivity index (χ3n) is 8.35. The van der Waals surface area contributed by atoms with Gasteiger partial charge in [-0.25, -0.2) is 0 Å². The van der Waals surface area contributed by atoms with Gasteiger partial charge in [-0.05, 0) is 64.7 Å². The van der Waals surface area contributed by atoms with Crippen LogP contribution in [0.25, 0.3) is 55.2 Å². The van der Waals surface area contributed by atoms with E-state index in [0.717, 1.165) is 0 Å². The molecule has 0 unspecified atom stereocenters. The molecule has 0 atom stereocenters. The van der Waals surface area contributed by atoms with Gasteiger partial charge in [0.2, 0.25) is 0 Å². The van der Waals surface area contributed by atoms with Crippen LogP contribution in [0.2, 0.25) is 0 Å². The van der Waals surface area contributed by atoms with Crippen molar-refractivity contribution in [1.82, 2.24) is 9.13 Å². The van der Waals surface area contributed by atoms with Crippen molar-refractivity contribution in [2.75, 3.05) is 0 Å². The quantitative estimate of drug-likeness (QED) is 0.236. The van der Waals surface area contributed by atoms with Crippen LogP contribution in [0.5, 0.6) is 0 Å². The molecule has 7 aromatic rings. The average Bonchev–Trinajstić information content (AvgIpc) is 3.58. The van der Waals surface area contributed by atoms with E-state index in [2.05, 4.69) is 144 Å². The van der Waals surface area contributed by atoms with Gasteiger partial charge in [0.15, 0.2) is 0 Å². The molecule has 37 heavy (non-hydrogen) atoms. The Hall–Kier alpha value is -4.56. The minimum atomic E-state index is -0.0318. The number of hydrogen-bond acceptors (Lipinski definition) is 0. The maximum absolute atomic E-state index is 2.45. The molecule has 176 valence electrons. The van der Waals surface area contributed by atoms with E-state index >= 15 is 0 Å². The van der Waals surface area contributed by atoms with Gasteiger partial charge >= 0.3 is 0 Å². The lowest BCUT2D eigenvalue weighted by molar-refractivity contribution is 0.660. The zero-order valence-electron chi connectivity index (χ0n) is 20.9. The second-order valence-corrected chi connectivity index (χ2v) is 10.7. The summed E-state index contributed by atoms with van der Waals surface area (Å²) in [6, 6.07) is 42.1. The van der Waals surface area contributed by atoms with Crippen molar-refractivity contribution in [2.45, 2.75) is 19.3 Å². The maximum Gasteiger partial charge on any atom is 0.0628 e. The molecule has 0 bridgehead atoms. The lowest BCUT2D eigenvalue weighted by Gasteiger charge is -2.22. The molecule has 0 aliphatic heterocycles. The molecular weight excluding hydrogens is 448 g/mol. The first kappa shape index (κ1) is 20.6. The van der Waals surface area contributed by atoms with E-state index in [0.29, 0.717) is 0 Å². The lowest BCUT2D eigenvalue weighted by Crippen LogP contribution is -2.15. The van der Waals surface area contributed by atoms with Crippen LogP contribution in [0, 0.1) is 0 Å². The molecule has 1 aliphatic rings. The van der Waals surface area contributed by atoms with Gasteiger partial charge in [0.05, 0.1) is 16.6 Å². The van der Waals surface area contributed by atoms with E-state index in [9.17, 15) is 0 Å². The smallest absolute Gasteiger partial charge is 0.0628 e. The third kappa shape index (κ3) is 2.70. The van der Waals surface area contributed by atoms with Crippen molar-refractivity contribution >= 4 is 32.7 Å². The highest BCUT2D eigenvalue weighted by molar-refractivity contribution is 6.20. The number of nitrogens with zero attached hydrogens (tertiary/aromatic N) is 2. The summed E-state index contributed by atoms with van der Waals surface area (Å²) >= 11 is 0.